The second kappa shape index (κ2) is 11.5. The average Bonchev–Trinajstić information content (AvgIpc) is 3.10. The number of halogens is 1. The van der Waals surface area contributed by atoms with Crippen molar-refractivity contribution in [3.8, 4) is 11.5 Å². The second-order valence-corrected chi connectivity index (χ2v) is 10.0. The van der Waals surface area contributed by atoms with E-state index >= 15 is 0 Å². The van der Waals surface area contributed by atoms with E-state index in [0.717, 1.165) is 55.3 Å². The maximum absolute atomic E-state index is 13.2. The van der Waals surface area contributed by atoms with Gasteiger partial charge in [0.15, 0.2) is 16.7 Å². The molecule has 2 aromatic carbocycles. The van der Waals surface area contributed by atoms with E-state index in [2.05, 4.69) is 11.3 Å². The van der Waals surface area contributed by atoms with Crippen LogP contribution in [0.3, 0.4) is 0 Å². The molecule has 1 aliphatic heterocycles. The van der Waals surface area contributed by atoms with Crippen LogP contribution in [0.4, 0.5) is 4.39 Å². The summed E-state index contributed by atoms with van der Waals surface area (Å²) in [4.78, 5) is 14.4. The van der Waals surface area contributed by atoms with E-state index in [1.165, 1.54) is 4.90 Å². The average molecular weight is 507 g/mol. The van der Waals surface area contributed by atoms with Crippen molar-refractivity contribution < 1.29 is 27.1 Å². The van der Waals surface area contributed by atoms with Gasteiger partial charge >= 0.3 is 0 Å². The molecule has 1 aliphatic rings. The van der Waals surface area contributed by atoms with E-state index in [1.807, 2.05) is 0 Å². The highest BCUT2D eigenvalue weighted by atomic mass is 32.2. The van der Waals surface area contributed by atoms with E-state index < -0.39 is 15.8 Å². The van der Waals surface area contributed by atoms with Gasteiger partial charge in [0.05, 0.1) is 23.5 Å². The van der Waals surface area contributed by atoms with Crippen molar-refractivity contribution in [3.63, 3.8) is 0 Å². The largest absolute Gasteiger partial charge is 0.493 e. The molecular weight excluding hydrogens is 479 g/mol. The molecule has 0 bridgehead atoms. The Morgan fingerprint density at radius 3 is 2.47 bits per heavy atom. The first-order chi connectivity index (χ1) is 16.3. The number of hydrogen-bond donors (Lipinski definition) is 0. The number of likely N-dealkylation sites (N-methyl/N-ethyl adjacent to an activating group) is 1. The Kier molecular flexibility index (Phi) is 8.73. The van der Waals surface area contributed by atoms with Crippen LogP contribution in [0.1, 0.15) is 38.7 Å². The fourth-order valence-corrected chi connectivity index (χ4v) is 5.44. The highest BCUT2D eigenvalue weighted by molar-refractivity contribution is 8.19. The number of carbonyl (C=O) groups excluding carboxylic acids is 1. The van der Waals surface area contributed by atoms with E-state index in [1.54, 1.807) is 38.3 Å². The van der Waals surface area contributed by atoms with E-state index in [-0.39, 0.29) is 22.5 Å². The summed E-state index contributed by atoms with van der Waals surface area (Å²) in [5, 5.41) is 0.0487. The number of carbonyl (C=O) groups is 1. The third kappa shape index (κ3) is 6.18. The maximum Gasteiger partial charge on any atom is 0.284 e. The third-order valence-electron chi connectivity index (χ3n) is 5.00. The number of hydrogen-bond acceptors (Lipinski definition) is 6. The predicted octanol–water partition coefficient (Wildman–Crippen LogP) is 5.08. The van der Waals surface area contributed by atoms with E-state index in [0.29, 0.717) is 28.6 Å². The zero-order valence-corrected chi connectivity index (χ0v) is 20.9. The number of unbranched alkanes of at least 4 members (excludes halogenated alkanes) is 2. The minimum atomic E-state index is -4.11. The van der Waals surface area contributed by atoms with Crippen molar-refractivity contribution in [2.45, 2.75) is 38.0 Å². The number of ether oxygens (including phenoxy) is 2. The summed E-state index contributed by atoms with van der Waals surface area (Å²) in [7, 11) is -2.55. The Labute approximate surface area is 203 Å². The molecule has 0 unspecified atom stereocenters. The SMILES string of the molecule is CCCCCOc1cc(C=C2SC(=NS(=O)(=O)c3ccc(F)cc3)N(CC)C2=O)ccc1OC. The molecule has 0 spiro atoms. The first-order valence-electron chi connectivity index (χ1n) is 10.9. The van der Waals surface area contributed by atoms with Crippen LogP contribution in [-0.2, 0) is 14.8 Å². The summed E-state index contributed by atoms with van der Waals surface area (Å²) < 4.78 is 53.6. The van der Waals surface area contributed by atoms with E-state index in [9.17, 15) is 17.6 Å². The van der Waals surface area contributed by atoms with Crippen LogP contribution in [0, 0.1) is 5.82 Å². The van der Waals surface area contributed by atoms with Gasteiger partial charge in [0.1, 0.15) is 5.82 Å². The first-order valence-corrected chi connectivity index (χ1v) is 13.2. The van der Waals surface area contributed by atoms with Gasteiger partial charge in [-0.3, -0.25) is 9.69 Å². The molecule has 1 saturated heterocycles. The number of sulfonamides is 1. The topological polar surface area (TPSA) is 85.3 Å². The minimum absolute atomic E-state index is 0.0487. The Balaban J connectivity index is 1.88. The summed E-state index contributed by atoms with van der Waals surface area (Å²) in [5.74, 6) is 0.267. The molecule has 1 fully saturated rings. The van der Waals surface area contributed by atoms with Crippen molar-refractivity contribution in [2.75, 3.05) is 20.3 Å². The Hall–Kier alpha value is -2.85. The van der Waals surface area contributed by atoms with Gasteiger partial charge < -0.3 is 9.47 Å². The molecule has 3 rings (SSSR count). The normalized spacial score (nSPS) is 16.5. The quantitative estimate of drug-likeness (QED) is 0.330. The zero-order valence-electron chi connectivity index (χ0n) is 19.3. The van der Waals surface area contributed by atoms with Crippen LogP contribution >= 0.6 is 11.8 Å². The van der Waals surface area contributed by atoms with Gasteiger partial charge in [0.2, 0.25) is 0 Å². The lowest BCUT2D eigenvalue weighted by atomic mass is 10.2. The molecule has 0 radical (unpaired) electrons. The highest BCUT2D eigenvalue weighted by Crippen LogP contribution is 2.35. The Morgan fingerprint density at radius 1 is 1.09 bits per heavy atom. The van der Waals surface area contributed by atoms with Crippen LogP contribution < -0.4 is 9.47 Å². The Bertz CT molecular complexity index is 1190. The van der Waals surface area contributed by atoms with Crippen LogP contribution in [0.5, 0.6) is 11.5 Å². The number of nitrogens with zero attached hydrogens (tertiary/aromatic N) is 2. The fourth-order valence-electron chi connectivity index (χ4n) is 3.20. The molecule has 1 amide bonds. The van der Waals surface area contributed by atoms with Crippen LogP contribution in [0.25, 0.3) is 6.08 Å². The molecule has 34 heavy (non-hydrogen) atoms. The predicted molar refractivity (Wildman–Crippen MR) is 132 cm³/mol. The maximum atomic E-state index is 13.2. The summed E-state index contributed by atoms with van der Waals surface area (Å²) in [6, 6.07) is 9.72. The molecule has 1 heterocycles. The van der Waals surface area contributed by atoms with Crippen LogP contribution in [-0.4, -0.2) is 44.7 Å². The number of thioether (sulfide) groups is 1. The minimum Gasteiger partial charge on any atom is -0.493 e. The zero-order chi connectivity index (χ0) is 24.7. The lowest BCUT2D eigenvalue weighted by Gasteiger charge is -2.12. The van der Waals surface area contributed by atoms with Crippen LogP contribution in [0.2, 0.25) is 0 Å². The molecule has 0 atom stereocenters. The molecule has 0 N–H and O–H groups in total. The van der Waals surface area contributed by atoms with Gasteiger partial charge in [-0.2, -0.15) is 8.42 Å². The molecule has 7 nitrogen and oxygen atoms in total. The summed E-state index contributed by atoms with van der Waals surface area (Å²) in [6.07, 6.45) is 4.74. The molecule has 2 aromatic rings. The fraction of sp³-hybridized carbons (Fsp3) is 0.333. The standard InChI is InChI=1S/C24H27FN2O5S2/c1-4-6-7-14-32-21-15-17(8-13-20(21)31-3)16-22-23(28)27(5-2)24(33-22)26-34(29,30)19-11-9-18(25)10-12-19/h8-13,15-16H,4-7,14H2,1-3H3. The number of methoxy groups -OCH3 is 1. The Morgan fingerprint density at radius 2 is 1.82 bits per heavy atom. The molecule has 0 aliphatic carbocycles. The second-order valence-electron chi connectivity index (χ2n) is 7.43. The molecule has 182 valence electrons. The molecule has 0 saturated carbocycles. The molecule has 0 aromatic heterocycles. The summed E-state index contributed by atoms with van der Waals surface area (Å²) in [5.41, 5.74) is 0.709. The number of amidine groups is 1. The van der Waals surface area contributed by atoms with Gasteiger partial charge in [-0.1, -0.05) is 25.8 Å². The van der Waals surface area contributed by atoms with Crippen molar-refractivity contribution in [2.24, 2.45) is 4.40 Å². The van der Waals surface area contributed by atoms with Gasteiger partial charge in [-0.25, -0.2) is 4.39 Å². The lowest BCUT2D eigenvalue weighted by molar-refractivity contribution is -0.122. The van der Waals surface area contributed by atoms with Gasteiger partial charge in [-0.05, 0) is 73.1 Å². The summed E-state index contributed by atoms with van der Waals surface area (Å²) in [6.45, 7) is 4.65. The highest BCUT2D eigenvalue weighted by Gasteiger charge is 2.34. The number of benzene rings is 2. The smallest absolute Gasteiger partial charge is 0.284 e. The third-order valence-corrected chi connectivity index (χ3v) is 7.41. The van der Waals surface area contributed by atoms with E-state index in [4.69, 9.17) is 9.47 Å². The molecular formula is C24H27FN2O5S2. The number of rotatable bonds is 10. The lowest BCUT2D eigenvalue weighted by Crippen LogP contribution is -2.29. The van der Waals surface area contributed by atoms with Gasteiger partial charge in [0, 0.05) is 6.54 Å². The molecule has 10 heteroatoms. The van der Waals surface area contributed by atoms with Gasteiger partial charge in [0.25, 0.3) is 15.9 Å². The van der Waals surface area contributed by atoms with Crippen LogP contribution in [0.15, 0.2) is 56.7 Å². The van der Waals surface area contributed by atoms with Gasteiger partial charge in [-0.15, -0.1) is 4.40 Å². The van der Waals surface area contributed by atoms with Crippen molar-refractivity contribution in [1.82, 2.24) is 4.90 Å². The summed E-state index contributed by atoms with van der Waals surface area (Å²) >= 11 is 0.973. The van der Waals surface area contributed by atoms with Crippen molar-refractivity contribution >= 4 is 38.9 Å². The first kappa shape index (κ1) is 25.8. The number of amides is 1. The van der Waals surface area contributed by atoms with Crippen molar-refractivity contribution in [1.29, 1.82) is 0 Å². The monoisotopic (exact) mass is 506 g/mol. The van der Waals surface area contributed by atoms with Crippen molar-refractivity contribution in [3.05, 3.63) is 58.8 Å².